The van der Waals surface area contributed by atoms with Gasteiger partial charge in [0.05, 0.1) is 11.5 Å². The molecular formula is C27H30N4O3. The van der Waals surface area contributed by atoms with E-state index >= 15 is 0 Å². The van der Waals surface area contributed by atoms with Crippen molar-refractivity contribution in [3.8, 4) is 0 Å². The van der Waals surface area contributed by atoms with Crippen molar-refractivity contribution in [2.75, 3.05) is 49.1 Å². The Morgan fingerprint density at radius 3 is 2.24 bits per heavy atom. The van der Waals surface area contributed by atoms with Gasteiger partial charge in [-0.25, -0.2) is 0 Å². The maximum absolute atomic E-state index is 12.1. The van der Waals surface area contributed by atoms with E-state index in [0.29, 0.717) is 12.3 Å². The minimum Gasteiger partial charge on any atom is -0.368 e. The molecule has 3 aromatic rings. The van der Waals surface area contributed by atoms with Crippen LogP contribution in [0, 0.1) is 10.1 Å². The van der Waals surface area contributed by atoms with Crippen LogP contribution in [0.4, 0.5) is 17.1 Å². The van der Waals surface area contributed by atoms with Crippen molar-refractivity contribution in [1.82, 2.24) is 4.90 Å². The number of hydrogen-bond donors (Lipinski definition) is 0. The van der Waals surface area contributed by atoms with Gasteiger partial charge in [0.25, 0.3) is 5.69 Å². The van der Waals surface area contributed by atoms with Crippen LogP contribution < -0.4 is 9.80 Å². The number of ether oxygens (including phenoxy) is 1. The highest BCUT2D eigenvalue weighted by Crippen LogP contribution is 2.36. The van der Waals surface area contributed by atoms with Crippen molar-refractivity contribution in [2.24, 2.45) is 0 Å². The number of para-hydroxylation sites is 1. The lowest BCUT2D eigenvalue weighted by molar-refractivity contribution is -0.384. The topological polar surface area (TPSA) is 62.1 Å². The van der Waals surface area contributed by atoms with Gasteiger partial charge >= 0.3 is 0 Å². The lowest BCUT2D eigenvalue weighted by Crippen LogP contribution is -2.46. The van der Waals surface area contributed by atoms with Crippen LogP contribution in [0.2, 0.25) is 0 Å². The average Bonchev–Trinajstić information content (AvgIpc) is 2.90. The fourth-order valence-corrected chi connectivity index (χ4v) is 4.92. The van der Waals surface area contributed by atoms with Gasteiger partial charge in [-0.15, -0.1) is 0 Å². The van der Waals surface area contributed by atoms with Crippen LogP contribution in [0.5, 0.6) is 0 Å². The van der Waals surface area contributed by atoms with Gasteiger partial charge in [-0.05, 0) is 30.2 Å². The molecule has 1 atom stereocenters. The Morgan fingerprint density at radius 2 is 1.53 bits per heavy atom. The zero-order chi connectivity index (χ0) is 23.3. The summed E-state index contributed by atoms with van der Waals surface area (Å²) in [6, 6.07) is 26.2. The van der Waals surface area contributed by atoms with Crippen LogP contribution in [0.25, 0.3) is 0 Å². The van der Waals surface area contributed by atoms with Crippen molar-refractivity contribution < 1.29 is 9.66 Å². The summed E-state index contributed by atoms with van der Waals surface area (Å²) in [5, 5.41) is 12.1. The first kappa shape index (κ1) is 22.4. The molecule has 2 aliphatic rings. The van der Waals surface area contributed by atoms with Gasteiger partial charge < -0.3 is 14.5 Å². The van der Waals surface area contributed by atoms with Gasteiger partial charge in [-0.1, -0.05) is 54.6 Å². The van der Waals surface area contributed by atoms with Gasteiger partial charge in [0.2, 0.25) is 0 Å². The van der Waals surface area contributed by atoms with E-state index in [1.54, 1.807) is 6.07 Å². The molecule has 5 rings (SSSR count). The molecular weight excluding hydrogens is 428 g/mol. The zero-order valence-electron chi connectivity index (χ0n) is 19.3. The molecule has 0 radical (unpaired) electrons. The first-order chi connectivity index (χ1) is 16.7. The molecule has 0 N–H and O–H groups in total. The number of nitrogens with zero attached hydrogens (tertiary/aromatic N) is 4. The number of nitro benzene ring substituents is 1. The predicted molar refractivity (Wildman–Crippen MR) is 134 cm³/mol. The second kappa shape index (κ2) is 10.2. The van der Waals surface area contributed by atoms with E-state index in [1.807, 2.05) is 48.5 Å². The Labute approximate surface area is 200 Å². The Hall–Kier alpha value is -3.42. The molecule has 2 saturated heterocycles. The van der Waals surface area contributed by atoms with Gasteiger partial charge in [-0.2, -0.15) is 0 Å². The average molecular weight is 459 g/mol. The molecule has 0 aromatic heterocycles. The molecule has 2 aliphatic heterocycles. The third-order valence-electron chi connectivity index (χ3n) is 6.65. The molecule has 0 bridgehead atoms. The van der Waals surface area contributed by atoms with Crippen LogP contribution in [0.3, 0.4) is 0 Å². The van der Waals surface area contributed by atoms with Crippen LogP contribution in [0.1, 0.15) is 23.8 Å². The quantitative estimate of drug-likeness (QED) is 0.389. The van der Waals surface area contributed by atoms with Crippen molar-refractivity contribution in [1.29, 1.82) is 0 Å². The van der Waals surface area contributed by atoms with Crippen molar-refractivity contribution in [3.05, 3.63) is 100 Å². The Balaban J connectivity index is 1.34. The molecule has 176 valence electrons. The number of piperazine rings is 1. The minimum absolute atomic E-state index is 0.152. The zero-order valence-corrected chi connectivity index (χ0v) is 19.3. The van der Waals surface area contributed by atoms with Crippen LogP contribution >= 0.6 is 0 Å². The number of anilines is 2. The van der Waals surface area contributed by atoms with Crippen molar-refractivity contribution in [3.63, 3.8) is 0 Å². The third kappa shape index (κ3) is 4.90. The number of hydrogen-bond acceptors (Lipinski definition) is 6. The Morgan fingerprint density at radius 1 is 0.853 bits per heavy atom. The van der Waals surface area contributed by atoms with Crippen LogP contribution in [-0.2, 0) is 11.3 Å². The first-order valence-electron chi connectivity index (χ1n) is 11.9. The van der Waals surface area contributed by atoms with E-state index in [4.69, 9.17) is 4.74 Å². The third-order valence-corrected chi connectivity index (χ3v) is 6.65. The fraction of sp³-hybridized carbons (Fsp3) is 0.333. The van der Waals surface area contributed by atoms with E-state index in [-0.39, 0.29) is 16.8 Å². The van der Waals surface area contributed by atoms with Crippen LogP contribution in [0.15, 0.2) is 78.9 Å². The van der Waals surface area contributed by atoms with Crippen molar-refractivity contribution >= 4 is 17.1 Å². The second-order valence-electron chi connectivity index (χ2n) is 8.85. The molecule has 2 heterocycles. The van der Waals surface area contributed by atoms with E-state index in [9.17, 15) is 10.1 Å². The normalized spacial score (nSPS) is 19.2. The summed E-state index contributed by atoms with van der Waals surface area (Å²) < 4.78 is 6.12. The highest BCUT2D eigenvalue weighted by Gasteiger charge is 2.29. The minimum atomic E-state index is -0.281. The molecule has 0 unspecified atom stereocenters. The highest BCUT2D eigenvalue weighted by molar-refractivity contribution is 5.65. The molecule has 34 heavy (non-hydrogen) atoms. The van der Waals surface area contributed by atoms with Crippen LogP contribution in [-0.4, -0.2) is 49.2 Å². The molecule has 2 fully saturated rings. The summed E-state index contributed by atoms with van der Waals surface area (Å²) in [4.78, 5) is 18.5. The maximum atomic E-state index is 12.1. The first-order valence-corrected chi connectivity index (χ1v) is 11.9. The standard InChI is InChI=1S/C27H30N4O3/c32-31(33)26-20-23(27-30(14-7-19-34-27)21-22-8-3-1-4-9-22)12-13-25(26)29-17-15-28(16-18-29)24-10-5-2-6-11-24/h1-6,8-13,20,27H,7,14-19,21H2/t27-/m0/s1. The van der Waals surface area contributed by atoms with E-state index in [1.165, 1.54) is 11.3 Å². The van der Waals surface area contributed by atoms with E-state index < -0.39 is 0 Å². The molecule has 0 amide bonds. The van der Waals surface area contributed by atoms with Gasteiger partial charge in [0, 0.05) is 56.6 Å². The second-order valence-corrected chi connectivity index (χ2v) is 8.85. The molecule has 0 spiro atoms. The maximum Gasteiger partial charge on any atom is 0.292 e. The number of nitro groups is 1. The Bertz CT molecular complexity index is 1100. The number of rotatable bonds is 6. The van der Waals surface area contributed by atoms with E-state index in [0.717, 1.165) is 51.3 Å². The van der Waals surface area contributed by atoms with E-state index in [2.05, 4.69) is 39.0 Å². The molecule has 3 aromatic carbocycles. The molecule has 7 nitrogen and oxygen atoms in total. The number of benzene rings is 3. The van der Waals surface area contributed by atoms with Gasteiger partial charge in [0.15, 0.2) is 0 Å². The summed E-state index contributed by atoms with van der Waals surface area (Å²) in [6.45, 7) is 5.47. The summed E-state index contributed by atoms with van der Waals surface area (Å²) in [7, 11) is 0. The lowest BCUT2D eigenvalue weighted by Gasteiger charge is -2.38. The summed E-state index contributed by atoms with van der Waals surface area (Å²) >= 11 is 0. The van der Waals surface area contributed by atoms with Crippen molar-refractivity contribution in [2.45, 2.75) is 19.2 Å². The smallest absolute Gasteiger partial charge is 0.292 e. The lowest BCUT2D eigenvalue weighted by atomic mass is 10.1. The summed E-state index contributed by atoms with van der Waals surface area (Å²) in [6.07, 6.45) is 0.673. The molecule has 0 aliphatic carbocycles. The summed E-state index contributed by atoms with van der Waals surface area (Å²) in [5.41, 5.74) is 4.08. The molecule has 7 heteroatoms. The highest BCUT2D eigenvalue weighted by atomic mass is 16.6. The monoisotopic (exact) mass is 458 g/mol. The fourth-order valence-electron chi connectivity index (χ4n) is 4.92. The van der Waals surface area contributed by atoms with Gasteiger partial charge in [0.1, 0.15) is 11.9 Å². The summed E-state index contributed by atoms with van der Waals surface area (Å²) in [5.74, 6) is 0. The Kier molecular flexibility index (Phi) is 6.74. The van der Waals surface area contributed by atoms with Gasteiger partial charge in [-0.3, -0.25) is 15.0 Å². The SMILES string of the molecule is O=[N+]([O-])c1cc([C@@H]2OCCCN2Cc2ccccc2)ccc1N1CCN(c2ccccc2)CC1. The largest absolute Gasteiger partial charge is 0.368 e. The molecule has 0 saturated carbocycles. The predicted octanol–water partition coefficient (Wildman–Crippen LogP) is 4.84.